The van der Waals surface area contributed by atoms with Crippen molar-refractivity contribution in [3.05, 3.63) is 88.5 Å². The molecule has 3 aromatic carbocycles. The first-order chi connectivity index (χ1) is 19.1. The van der Waals surface area contributed by atoms with Crippen LogP contribution in [0.5, 0.6) is 5.75 Å². The second kappa shape index (κ2) is 11.8. The molecule has 0 aromatic heterocycles. The van der Waals surface area contributed by atoms with E-state index < -0.39 is 15.0 Å². The van der Waals surface area contributed by atoms with Crippen LogP contribution in [0.4, 0.5) is 0 Å². The molecule has 1 aliphatic carbocycles. The van der Waals surface area contributed by atoms with Crippen LogP contribution in [0.15, 0.2) is 60.7 Å². The van der Waals surface area contributed by atoms with E-state index in [0.29, 0.717) is 17.9 Å². The number of rotatable bonds is 9. The topological polar surface area (TPSA) is 55.8 Å². The van der Waals surface area contributed by atoms with Crippen LogP contribution >= 0.6 is 0 Å². The average molecular weight is 572 g/mol. The molecule has 0 saturated heterocycles. The summed E-state index contributed by atoms with van der Waals surface area (Å²) in [4.78, 5) is 12.3. The van der Waals surface area contributed by atoms with Gasteiger partial charge < -0.3 is 14.3 Å². The van der Waals surface area contributed by atoms with Crippen LogP contribution in [-0.2, 0) is 28.3 Å². The highest BCUT2D eigenvalue weighted by molar-refractivity contribution is 6.48. The zero-order chi connectivity index (χ0) is 30.2. The second-order valence-corrected chi connectivity index (χ2v) is 16.3. The van der Waals surface area contributed by atoms with Crippen LogP contribution in [0.3, 0.4) is 0 Å². The molecule has 0 heterocycles. The summed E-state index contributed by atoms with van der Waals surface area (Å²) in [5.41, 5.74) is 7.06. The quantitative estimate of drug-likeness (QED) is 0.260. The van der Waals surface area contributed by atoms with Gasteiger partial charge in [-0.3, -0.25) is 0 Å². The third-order valence-corrected chi connectivity index (χ3v) is 9.33. The Balaban J connectivity index is 1.62. The van der Waals surface area contributed by atoms with E-state index in [1.54, 1.807) is 12.1 Å². The normalized spacial score (nSPS) is 16.7. The van der Waals surface area contributed by atoms with Gasteiger partial charge in [-0.1, -0.05) is 97.0 Å². The molecule has 0 fully saturated rings. The number of benzene rings is 3. The van der Waals surface area contributed by atoms with E-state index in [0.717, 1.165) is 24.0 Å². The Labute approximate surface area is 248 Å². The molecular weight excluding hydrogens is 524 g/mol. The zero-order valence-electron chi connectivity index (χ0n) is 26.4. The SMILES string of the molecule is C[Si](C)OC(Cc1ccc(-c2c(OCc3ccc4c(c3)C(C)(C)CCC4(C)C)cccc2C(=O)O)cc1)C(C)(C)C. The zero-order valence-corrected chi connectivity index (χ0v) is 27.4. The lowest BCUT2D eigenvalue weighted by molar-refractivity contribution is 0.0697. The van der Waals surface area contributed by atoms with E-state index in [-0.39, 0.29) is 27.9 Å². The molecule has 219 valence electrons. The largest absolute Gasteiger partial charge is 0.488 e. The van der Waals surface area contributed by atoms with Gasteiger partial charge in [0, 0.05) is 5.56 Å². The number of carbonyl (C=O) groups is 1. The van der Waals surface area contributed by atoms with Crippen molar-refractivity contribution in [3.63, 3.8) is 0 Å². The second-order valence-electron chi connectivity index (χ2n) is 14.2. The third-order valence-electron chi connectivity index (χ3n) is 8.58. The van der Waals surface area contributed by atoms with Crippen molar-refractivity contribution >= 4 is 15.0 Å². The van der Waals surface area contributed by atoms with Crippen LogP contribution < -0.4 is 4.74 Å². The number of carboxylic acids is 1. The van der Waals surface area contributed by atoms with Crippen LogP contribution in [0.2, 0.25) is 13.1 Å². The van der Waals surface area contributed by atoms with Crippen molar-refractivity contribution < 1.29 is 19.1 Å². The first kappa shape index (κ1) is 31.1. The Hall–Kier alpha value is -2.89. The smallest absolute Gasteiger partial charge is 0.336 e. The van der Waals surface area contributed by atoms with Gasteiger partial charge >= 0.3 is 5.97 Å². The molecule has 1 unspecified atom stereocenters. The number of aromatic carboxylic acids is 1. The highest BCUT2D eigenvalue weighted by atomic mass is 28.3. The Morgan fingerprint density at radius 2 is 1.51 bits per heavy atom. The summed E-state index contributed by atoms with van der Waals surface area (Å²) in [6, 6.07) is 20.2. The maximum Gasteiger partial charge on any atom is 0.336 e. The molecular formula is C36H47O4Si. The van der Waals surface area contributed by atoms with Crippen LogP contribution in [-0.4, -0.2) is 26.2 Å². The Bertz CT molecular complexity index is 1380. The molecule has 0 aliphatic heterocycles. The number of fused-ring (bicyclic) bond motifs is 1. The molecule has 1 N–H and O–H groups in total. The molecule has 4 rings (SSSR count). The van der Waals surface area contributed by atoms with E-state index in [1.807, 2.05) is 18.2 Å². The van der Waals surface area contributed by atoms with Gasteiger partial charge in [-0.05, 0) is 88.6 Å². The summed E-state index contributed by atoms with van der Waals surface area (Å²) in [6.45, 7) is 20.7. The van der Waals surface area contributed by atoms with Gasteiger partial charge in [0.05, 0.1) is 11.7 Å². The molecule has 1 radical (unpaired) electrons. The lowest BCUT2D eigenvalue weighted by Crippen LogP contribution is -2.35. The minimum absolute atomic E-state index is 0.0270. The molecule has 0 amide bonds. The fourth-order valence-corrected chi connectivity index (χ4v) is 6.85. The molecule has 5 heteroatoms. The summed E-state index contributed by atoms with van der Waals surface area (Å²) in [5.74, 6) is -0.385. The van der Waals surface area contributed by atoms with E-state index in [1.165, 1.54) is 23.1 Å². The van der Waals surface area contributed by atoms with Gasteiger partial charge in [-0.15, -0.1) is 0 Å². The molecule has 1 atom stereocenters. The van der Waals surface area contributed by atoms with Crippen molar-refractivity contribution in [2.75, 3.05) is 0 Å². The molecule has 1 aliphatic rings. The van der Waals surface area contributed by atoms with Crippen LogP contribution in [0, 0.1) is 5.41 Å². The van der Waals surface area contributed by atoms with Gasteiger partial charge in [0.1, 0.15) is 12.4 Å². The van der Waals surface area contributed by atoms with Crippen LogP contribution in [0.25, 0.3) is 11.1 Å². The van der Waals surface area contributed by atoms with Crippen molar-refractivity contribution in [2.24, 2.45) is 5.41 Å². The fourth-order valence-electron chi connectivity index (χ4n) is 5.84. The maximum atomic E-state index is 12.3. The fraction of sp³-hybridized carbons (Fsp3) is 0.472. The van der Waals surface area contributed by atoms with Gasteiger partial charge in [0.15, 0.2) is 0 Å². The molecule has 3 aromatic rings. The highest BCUT2D eigenvalue weighted by Gasteiger charge is 2.37. The van der Waals surface area contributed by atoms with Crippen molar-refractivity contribution in [2.45, 2.75) is 104 Å². The third kappa shape index (κ3) is 7.13. The number of carboxylic acid groups (broad SMARTS) is 1. The maximum absolute atomic E-state index is 12.3. The number of hydrogen-bond donors (Lipinski definition) is 1. The van der Waals surface area contributed by atoms with Crippen molar-refractivity contribution in [3.8, 4) is 16.9 Å². The number of ether oxygens (including phenoxy) is 1. The number of hydrogen-bond acceptors (Lipinski definition) is 3. The first-order valence-corrected chi connectivity index (χ1v) is 17.2. The molecule has 0 bridgehead atoms. The molecule has 41 heavy (non-hydrogen) atoms. The Kier molecular flexibility index (Phi) is 8.92. The van der Waals surface area contributed by atoms with Crippen molar-refractivity contribution in [1.82, 2.24) is 0 Å². The van der Waals surface area contributed by atoms with Gasteiger partial charge in [-0.25, -0.2) is 4.79 Å². The van der Waals surface area contributed by atoms with E-state index in [2.05, 4.69) is 91.9 Å². The van der Waals surface area contributed by atoms with E-state index >= 15 is 0 Å². The molecule has 0 spiro atoms. The summed E-state index contributed by atoms with van der Waals surface area (Å²) in [5, 5.41) is 10.1. The minimum atomic E-state index is -0.964. The monoisotopic (exact) mass is 571 g/mol. The standard InChI is InChI=1S/C36H47O4Si/c1-34(2,3)31(40-41(8)9)22-24-13-16-26(17-14-24)32-27(33(37)38)11-10-12-30(32)39-23-25-15-18-28-29(21-25)36(6,7)20-19-35(28,4)5/h10-18,21,31H,19-20,22-23H2,1-9H3,(H,37,38). The predicted molar refractivity (Wildman–Crippen MR) is 170 cm³/mol. The average Bonchev–Trinajstić information content (AvgIpc) is 2.89. The summed E-state index contributed by atoms with van der Waals surface area (Å²) in [7, 11) is -0.834. The summed E-state index contributed by atoms with van der Waals surface area (Å²) < 4.78 is 12.7. The summed E-state index contributed by atoms with van der Waals surface area (Å²) >= 11 is 0. The first-order valence-electron chi connectivity index (χ1n) is 14.8. The Morgan fingerprint density at radius 1 is 0.902 bits per heavy atom. The van der Waals surface area contributed by atoms with Gasteiger partial charge in [-0.2, -0.15) is 0 Å². The predicted octanol–water partition coefficient (Wildman–Crippen LogP) is 9.20. The lowest BCUT2D eigenvalue weighted by atomic mass is 9.63. The van der Waals surface area contributed by atoms with Gasteiger partial charge in [0.25, 0.3) is 0 Å². The molecule has 4 nitrogen and oxygen atoms in total. The van der Waals surface area contributed by atoms with Gasteiger partial charge in [0.2, 0.25) is 9.04 Å². The summed E-state index contributed by atoms with van der Waals surface area (Å²) in [6.07, 6.45) is 3.26. The van der Waals surface area contributed by atoms with E-state index in [4.69, 9.17) is 9.16 Å². The van der Waals surface area contributed by atoms with Crippen molar-refractivity contribution in [1.29, 1.82) is 0 Å². The highest BCUT2D eigenvalue weighted by Crippen LogP contribution is 2.46. The Morgan fingerprint density at radius 3 is 2.10 bits per heavy atom. The lowest BCUT2D eigenvalue weighted by Gasteiger charge is -2.42. The molecule has 0 saturated carbocycles. The van der Waals surface area contributed by atoms with Crippen LogP contribution in [0.1, 0.15) is 93.9 Å². The minimum Gasteiger partial charge on any atom is -0.488 e. The van der Waals surface area contributed by atoms with E-state index in [9.17, 15) is 9.90 Å².